The highest BCUT2D eigenvalue weighted by Gasteiger charge is 2.19. The van der Waals surface area contributed by atoms with Crippen LogP contribution in [-0.4, -0.2) is 52.0 Å². The summed E-state index contributed by atoms with van der Waals surface area (Å²) in [6.07, 6.45) is 3.70. The summed E-state index contributed by atoms with van der Waals surface area (Å²) in [5, 5.41) is 0.973. The zero-order valence-electron chi connectivity index (χ0n) is 18.4. The number of ketones is 1. The molecule has 4 aromatic rings. The van der Waals surface area contributed by atoms with Crippen molar-refractivity contribution < 1.29 is 9.53 Å². The predicted octanol–water partition coefficient (Wildman–Crippen LogP) is 3.30. The number of nitrogen functional groups attached to an aromatic ring is 1. The fraction of sp³-hybridized carbons (Fsp3) is 0.240. The maximum absolute atomic E-state index is 11.6. The SMILES string of the molecule is CC(=O)Cc1cccc(-c2ccc3c(N4CCOCC4)nc(-c4cnc(N)nc4)nc3c2)c1. The number of carbonyl (C=O) groups is 1. The molecule has 2 N–H and O–H groups in total. The van der Waals surface area contributed by atoms with E-state index in [9.17, 15) is 4.79 Å². The van der Waals surface area contributed by atoms with Crippen molar-refractivity contribution in [1.82, 2.24) is 19.9 Å². The van der Waals surface area contributed by atoms with E-state index in [1.807, 2.05) is 18.2 Å². The number of rotatable bonds is 5. The fourth-order valence-electron chi connectivity index (χ4n) is 4.04. The number of aromatic nitrogens is 4. The second-order valence-electron chi connectivity index (χ2n) is 8.11. The molecule has 1 aliphatic heterocycles. The minimum absolute atomic E-state index is 0.143. The third-order valence-corrected chi connectivity index (χ3v) is 5.63. The maximum atomic E-state index is 11.6. The van der Waals surface area contributed by atoms with Crippen LogP contribution in [0.25, 0.3) is 33.4 Å². The van der Waals surface area contributed by atoms with Crippen LogP contribution in [0.4, 0.5) is 11.8 Å². The van der Waals surface area contributed by atoms with Gasteiger partial charge in [0, 0.05) is 37.3 Å². The molecular weight excluding hydrogens is 416 g/mol. The van der Waals surface area contributed by atoms with Crippen molar-refractivity contribution >= 4 is 28.5 Å². The second-order valence-corrected chi connectivity index (χ2v) is 8.11. The number of anilines is 2. The average Bonchev–Trinajstić information content (AvgIpc) is 2.84. The van der Waals surface area contributed by atoms with Crippen molar-refractivity contribution in [2.24, 2.45) is 0 Å². The third kappa shape index (κ3) is 4.51. The van der Waals surface area contributed by atoms with Gasteiger partial charge in [-0.05, 0) is 35.7 Å². The number of fused-ring (bicyclic) bond motifs is 1. The number of carbonyl (C=O) groups excluding carboxylic acids is 1. The lowest BCUT2D eigenvalue weighted by atomic mass is 9.99. The maximum Gasteiger partial charge on any atom is 0.219 e. The Morgan fingerprint density at radius 2 is 1.76 bits per heavy atom. The van der Waals surface area contributed by atoms with Crippen LogP contribution < -0.4 is 10.6 Å². The van der Waals surface area contributed by atoms with Gasteiger partial charge < -0.3 is 15.4 Å². The number of ether oxygens (including phenoxy) is 1. The second kappa shape index (κ2) is 8.91. The fourth-order valence-corrected chi connectivity index (χ4v) is 4.04. The van der Waals surface area contributed by atoms with Crippen molar-refractivity contribution in [3.8, 4) is 22.5 Å². The van der Waals surface area contributed by atoms with Crippen molar-refractivity contribution in [3.05, 3.63) is 60.4 Å². The summed E-state index contributed by atoms with van der Waals surface area (Å²) in [6, 6.07) is 14.3. The number of Topliss-reactive ketones (excluding diaryl/α,β-unsaturated/α-hetero) is 1. The van der Waals surface area contributed by atoms with Crippen LogP contribution in [0.1, 0.15) is 12.5 Å². The number of morpholine rings is 1. The van der Waals surface area contributed by atoms with E-state index >= 15 is 0 Å². The summed E-state index contributed by atoms with van der Waals surface area (Å²) in [5.74, 6) is 1.77. The van der Waals surface area contributed by atoms with Crippen LogP contribution in [0, 0.1) is 0 Å². The van der Waals surface area contributed by atoms with Crippen LogP contribution in [0.5, 0.6) is 0 Å². The first kappa shape index (κ1) is 21.0. The first-order valence-corrected chi connectivity index (χ1v) is 10.9. The van der Waals surface area contributed by atoms with Crippen LogP contribution in [0.3, 0.4) is 0 Å². The number of hydrogen-bond donors (Lipinski definition) is 1. The van der Waals surface area contributed by atoms with Gasteiger partial charge in [-0.25, -0.2) is 19.9 Å². The normalized spacial score (nSPS) is 13.9. The van der Waals surface area contributed by atoms with E-state index < -0.39 is 0 Å². The lowest BCUT2D eigenvalue weighted by molar-refractivity contribution is -0.116. The predicted molar refractivity (Wildman–Crippen MR) is 128 cm³/mol. The van der Waals surface area contributed by atoms with E-state index in [1.54, 1.807) is 19.3 Å². The molecule has 33 heavy (non-hydrogen) atoms. The molecule has 3 heterocycles. The van der Waals surface area contributed by atoms with Crippen molar-refractivity contribution in [3.63, 3.8) is 0 Å². The molecule has 1 fully saturated rings. The molecule has 0 spiro atoms. The molecular formula is C25H24N6O2. The zero-order chi connectivity index (χ0) is 22.8. The van der Waals surface area contributed by atoms with E-state index in [4.69, 9.17) is 20.4 Å². The van der Waals surface area contributed by atoms with Gasteiger partial charge in [-0.15, -0.1) is 0 Å². The first-order valence-electron chi connectivity index (χ1n) is 10.9. The van der Waals surface area contributed by atoms with Gasteiger partial charge in [0.1, 0.15) is 11.6 Å². The largest absolute Gasteiger partial charge is 0.378 e. The Morgan fingerprint density at radius 3 is 2.52 bits per heavy atom. The lowest BCUT2D eigenvalue weighted by Gasteiger charge is -2.29. The Hall–Kier alpha value is -3.91. The molecule has 2 aromatic carbocycles. The summed E-state index contributed by atoms with van der Waals surface area (Å²) in [5.41, 5.74) is 10.3. The number of nitrogens with two attached hydrogens (primary N) is 1. The number of nitrogens with zero attached hydrogens (tertiary/aromatic N) is 5. The molecule has 0 bridgehead atoms. The van der Waals surface area contributed by atoms with Gasteiger partial charge in [0.25, 0.3) is 0 Å². The molecule has 8 nitrogen and oxygen atoms in total. The molecule has 0 amide bonds. The lowest BCUT2D eigenvalue weighted by Crippen LogP contribution is -2.37. The smallest absolute Gasteiger partial charge is 0.219 e. The Morgan fingerprint density at radius 1 is 1.00 bits per heavy atom. The number of benzene rings is 2. The Bertz CT molecular complexity index is 1320. The molecule has 1 saturated heterocycles. The molecule has 2 aromatic heterocycles. The summed E-state index contributed by atoms with van der Waals surface area (Å²) >= 11 is 0. The minimum Gasteiger partial charge on any atom is -0.378 e. The summed E-state index contributed by atoms with van der Waals surface area (Å²) < 4.78 is 5.53. The highest BCUT2D eigenvalue weighted by atomic mass is 16.5. The molecule has 0 saturated carbocycles. The first-order chi connectivity index (χ1) is 16.1. The van der Waals surface area contributed by atoms with Crippen LogP contribution >= 0.6 is 0 Å². The summed E-state index contributed by atoms with van der Waals surface area (Å²) in [7, 11) is 0. The zero-order valence-corrected chi connectivity index (χ0v) is 18.4. The molecule has 0 atom stereocenters. The highest BCUT2D eigenvalue weighted by molar-refractivity contribution is 5.94. The van der Waals surface area contributed by atoms with E-state index in [2.05, 4.69) is 39.1 Å². The van der Waals surface area contributed by atoms with Crippen molar-refractivity contribution in [2.45, 2.75) is 13.3 Å². The van der Waals surface area contributed by atoms with Crippen LogP contribution in [-0.2, 0) is 16.0 Å². The van der Waals surface area contributed by atoms with Crippen LogP contribution in [0.2, 0.25) is 0 Å². The standard InChI is InChI=1S/C25H24N6O2/c1-16(32)11-17-3-2-4-18(12-17)19-5-6-21-22(13-19)29-23(20-14-27-25(26)28-15-20)30-24(21)31-7-9-33-10-8-31/h2-6,12-15H,7-11H2,1H3,(H2,26,27,28). The van der Waals surface area contributed by atoms with Crippen molar-refractivity contribution in [1.29, 1.82) is 0 Å². The quantitative estimate of drug-likeness (QED) is 0.504. The van der Waals surface area contributed by atoms with Gasteiger partial charge in [0.2, 0.25) is 5.95 Å². The minimum atomic E-state index is 0.143. The molecule has 1 aliphatic rings. The Labute approximate surface area is 191 Å². The monoisotopic (exact) mass is 440 g/mol. The topological polar surface area (TPSA) is 107 Å². The summed E-state index contributed by atoms with van der Waals surface area (Å²) in [4.78, 5) is 31.7. The van der Waals surface area contributed by atoms with Gasteiger partial charge in [0.05, 0.1) is 24.3 Å². The molecule has 166 valence electrons. The molecule has 5 rings (SSSR count). The molecule has 0 radical (unpaired) electrons. The van der Waals surface area contributed by atoms with Gasteiger partial charge in [-0.3, -0.25) is 4.79 Å². The Kier molecular flexibility index (Phi) is 5.66. The van der Waals surface area contributed by atoms with E-state index in [0.717, 1.165) is 46.5 Å². The van der Waals surface area contributed by atoms with Gasteiger partial charge in [-0.2, -0.15) is 0 Å². The number of hydrogen-bond acceptors (Lipinski definition) is 8. The van der Waals surface area contributed by atoms with Crippen molar-refractivity contribution in [2.75, 3.05) is 36.9 Å². The van der Waals surface area contributed by atoms with E-state index in [1.165, 1.54) is 0 Å². The van der Waals surface area contributed by atoms with Gasteiger partial charge in [0.15, 0.2) is 5.82 Å². The van der Waals surface area contributed by atoms with E-state index in [-0.39, 0.29) is 11.7 Å². The third-order valence-electron chi connectivity index (χ3n) is 5.63. The van der Waals surface area contributed by atoms with E-state index in [0.29, 0.717) is 31.0 Å². The molecule has 8 heteroatoms. The molecule has 0 aliphatic carbocycles. The summed E-state index contributed by atoms with van der Waals surface area (Å²) in [6.45, 7) is 4.45. The average molecular weight is 441 g/mol. The van der Waals surface area contributed by atoms with Gasteiger partial charge in [-0.1, -0.05) is 30.3 Å². The highest BCUT2D eigenvalue weighted by Crippen LogP contribution is 2.31. The molecule has 0 unspecified atom stereocenters. The Balaban J connectivity index is 1.63. The van der Waals surface area contributed by atoms with Gasteiger partial charge >= 0.3 is 0 Å². The van der Waals surface area contributed by atoms with Crippen LogP contribution in [0.15, 0.2) is 54.9 Å².